The zero-order chi connectivity index (χ0) is 15.4. The lowest BCUT2D eigenvalue weighted by Crippen LogP contribution is -2.09. The Kier molecular flexibility index (Phi) is 3.87. The van der Waals surface area contributed by atoms with Crippen LogP contribution in [-0.2, 0) is 4.74 Å². The van der Waals surface area contributed by atoms with Crippen molar-refractivity contribution in [1.29, 1.82) is 10.5 Å². The molecule has 0 radical (unpaired) electrons. The summed E-state index contributed by atoms with van der Waals surface area (Å²) in [5.74, 6) is -0.495. The fourth-order valence-corrected chi connectivity index (χ4v) is 1.79. The maximum Gasteiger partial charge on any atom is 0.360 e. The second kappa shape index (κ2) is 5.76. The van der Waals surface area contributed by atoms with Gasteiger partial charge in [0.2, 0.25) is 0 Å². The van der Waals surface area contributed by atoms with Gasteiger partial charge in [-0.05, 0) is 25.1 Å². The molecule has 0 saturated carbocycles. The predicted molar refractivity (Wildman–Crippen MR) is 73.4 cm³/mol. The van der Waals surface area contributed by atoms with Crippen molar-refractivity contribution in [2.45, 2.75) is 6.92 Å². The van der Waals surface area contributed by atoms with Crippen LogP contribution in [0, 0.1) is 22.7 Å². The maximum atomic E-state index is 11.7. The van der Waals surface area contributed by atoms with E-state index in [0.29, 0.717) is 5.69 Å². The number of esters is 1. The van der Waals surface area contributed by atoms with Crippen LogP contribution in [0.2, 0.25) is 0 Å². The number of nitriles is 2. The molecule has 0 aliphatic heterocycles. The van der Waals surface area contributed by atoms with Crippen molar-refractivity contribution in [3.05, 3.63) is 41.3 Å². The minimum atomic E-state index is -0.608. The van der Waals surface area contributed by atoms with Crippen LogP contribution in [0.3, 0.4) is 0 Å². The third-order valence-corrected chi connectivity index (χ3v) is 2.80. The Balaban J connectivity index is 2.47. The van der Waals surface area contributed by atoms with Crippen molar-refractivity contribution in [2.75, 3.05) is 12.3 Å². The van der Waals surface area contributed by atoms with Gasteiger partial charge < -0.3 is 10.5 Å². The maximum absolute atomic E-state index is 11.7. The number of carbonyl (C=O) groups excluding carboxylic acids is 1. The van der Waals surface area contributed by atoms with Crippen LogP contribution in [0.1, 0.15) is 28.5 Å². The summed E-state index contributed by atoms with van der Waals surface area (Å²) in [5.41, 5.74) is 6.92. The number of hydrogen-bond acceptors (Lipinski definition) is 6. The minimum Gasteiger partial charge on any atom is -0.461 e. The molecule has 0 saturated heterocycles. The van der Waals surface area contributed by atoms with Gasteiger partial charge in [-0.1, -0.05) is 0 Å². The van der Waals surface area contributed by atoms with Gasteiger partial charge in [-0.25, -0.2) is 9.78 Å². The standard InChI is InChI=1S/C14H11N5O2/c1-2-21-14(20)12-13(17)19(8-18-12)11-4-3-9(6-15)10(5-11)7-16/h3-5,8H,2,17H2,1H3. The summed E-state index contributed by atoms with van der Waals surface area (Å²) in [4.78, 5) is 15.6. The van der Waals surface area contributed by atoms with E-state index >= 15 is 0 Å². The van der Waals surface area contributed by atoms with E-state index in [-0.39, 0.29) is 29.2 Å². The molecule has 0 aliphatic carbocycles. The third-order valence-electron chi connectivity index (χ3n) is 2.80. The molecule has 0 atom stereocenters. The van der Waals surface area contributed by atoms with Crippen molar-refractivity contribution in [2.24, 2.45) is 0 Å². The van der Waals surface area contributed by atoms with E-state index in [1.54, 1.807) is 13.0 Å². The zero-order valence-electron chi connectivity index (χ0n) is 11.2. The number of hydrogen-bond donors (Lipinski definition) is 1. The summed E-state index contributed by atoms with van der Waals surface area (Å²) in [5, 5.41) is 17.9. The average Bonchev–Trinajstić information content (AvgIpc) is 2.88. The van der Waals surface area contributed by atoms with Crippen LogP contribution in [0.25, 0.3) is 5.69 Å². The molecule has 0 unspecified atom stereocenters. The highest BCUT2D eigenvalue weighted by Crippen LogP contribution is 2.20. The number of nitrogens with zero attached hydrogens (tertiary/aromatic N) is 4. The first-order valence-electron chi connectivity index (χ1n) is 6.07. The monoisotopic (exact) mass is 281 g/mol. The number of ether oxygens (including phenoxy) is 1. The van der Waals surface area contributed by atoms with Crippen molar-refractivity contribution >= 4 is 11.8 Å². The second-order valence-electron chi connectivity index (χ2n) is 4.02. The number of aromatic nitrogens is 2. The smallest absolute Gasteiger partial charge is 0.360 e. The van der Waals surface area contributed by atoms with Crippen LogP contribution in [0.5, 0.6) is 0 Å². The Bertz CT molecular complexity index is 780. The van der Waals surface area contributed by atoms with Gasteiger partial charge in [0.1, 0.15) is 24.3 Å². The lowest BCUT2D eigenvalue weighted by atomic mass is 10.1. The van der Waals surface area contributed by atoms with E-state index < -0.39 is 5.97 Å². The van der Waals surface area contributed by atoms with Gasteiger partial charge >= 0.3 is 5.97 Å². The molecule has 1 aromatic carbocycles. The first-order valence-corrected chi connectivity index (χ1v) is 6.07. The predicted octanol–water partition coefficient (Wildman–Crippen LogP) is 1.37. The molecule has 2 rings (SSSR count). The number of nitrogen functional groups attached to an aromatic ring is 1. The highest BCUT2D eigenvalue weighted by atomic mass is 16.5. The van der Waals surface area contributed by atoms with Gasteiger partial charge in [0.25, 0.3) is 0 Å². The lowest BCUT2D eigenvalue weighted by Gasteiger charge is -2.06. The SMILES string of the molecule is CCOC(=O)c1ncn(-c2ccc(C#N)c(C#N)c2)c1N. The number of anilines is 1. The van der Waals surface area contributed by atoms with Gasteiger partial charge in [-0.3, -0.25) is 4.57 Å². The van der Waals surface area contributed by atoms with Crippen molar-refractivity contribution in [3.63, 3.8) is 0 Å². The molecule has 0 fully saturated rings. The summed E-state index contributed by atoms with van der Waals surface area (Å²) in [6, 6.07) is 8.50. The summed E-state index contributed by atoms with van der Waals surface area (Å²) in [6.07, 6.45) is 1.37. The molecule has 7 nitrogen and oxygen atoms in total. The molecule has 0 bridgehead atoms. The molecule has 7 heteroatoms. The normalized spacial score (nSPS) is 9.67. The van der Waals surface area contributed by atoms with E-state index in [2.05, 4.69) is 4.98 Å². The number of nitrogens with two attached hydrogens (primary N) is 1. The molecule has 0 amide bonds. The van der Waals surface area contributed by atoms with Gasteiger partial charge in [0.15, 0.2) is 5.69 Å². The highest BCUT2D eigenvalue weighted by Gasteiger charge is 2.18. The minimum absolute atomic E-state index is 0.0136. The van der Waals surface area contributed by atoms with Gasteiger partial charge in [0, 0.05) is 5.69 Å². The summed E-state index contributed by atoms with van der Waals surface area (Å²) >= 11 is 0. The highest BCUT2D eigenvalue weighted by molar-refractivity contribution is 5.92. The van der Waals surface area contributed by atoms with Gasteiger partial charge in [0.05, 0.1) is 17.7 Å². The summed E-state index contributed by atoms with van der Waals surface area (Å²) < 4.78 is 6.30. The Morgan fingerprint density at radius 1 is 1.38 bits per heavy atom. The van der Waals surface area contributed by atoms with Crippen LogP contribution < -0.4 is 5.73 Å². The molecule has 1 heterocycles. The topological polar surface area (TPSA) is 118 Å². The fraction of sp³-hybridized carbons (Fsp3) is 0.143. The second-order valence-corrected chi connectivity index (χ2v) is 4.02. The number of benzene rings is 1. The van der Waals surface area contributed by atoms with Crippen LogP contribution in [0.4, 0.5) is 5.82 Å². The molecule has 104 valence electrons. The van der Waals surface area contributed by atoms with Crippen LogP contribution in [0.15, 0.2) is 24.5 Å². The summed E-state index contributed by atoms with van der Waals surface area (Å²) in [6.45, 7) is 1.91. The fourth-order valence-electron chi connectivity index (χ4n) is 1.79. The molecule has 2 aromatic rings. The largest absolute Gasteiger partial charge is 0.461 e. The van der Waals surface area contributed by atoms with Crippen molar-refractivity contribution < 1.29 is 9.53 Å². The van der Waals surface area contributed by atoms with E-state index in [9.17, 15) is 4.79 Å². The van der Waals surface area contributed by atoms with E-state index in [4.69, 9.17) is 21.0 Å². The van der Waals surface area contributed by atoms with E-state index in [1.807, 2.05) is 12.1 Å². The Hall–Kier alpha value is -3.32. The molecule has 2 N–H and O–H groups in total. The van der Waals surface area contributed by atoms with Gasteiger partial charge in [-0.2, -0.15) is 10.5 Å². The number of rotatable bonds is 3. The lowest BCUT2D eigenvalue weighted by molar-refractivity contribution is 0.0521. The molecule has 0 spiro atoms. The Morgan fingerprint density at radius 2 is 2.10 bits per heavy atom. The molecule has 1 aromatic heterocycles. The number of imidazole rings is 1. The quantitative estimate of drug-likeness (QED) is 0.849. The van der Waals surface area contributed by atoms with Crippen molar-refractivity contribution in [1.82, 2.24) is 9.55 Å². The Labute approximate surface area is 120 Å². The molecule has 21 heavy (non-hydrogen) atoms. The van der Waals surface area contributed by atoms with Crippen molar-refractivity contribution in [3.8, 4) is 17.8 Å². The average molecular weight is 281 g/mol. The van der Waals surface area contributed by atoms with E-state index in [0.717, 1.165) is 0 Å². The number of carbonyl (C=O) groups is 1. The van der Waals surface area contributed by atoms with Crippen LogP contribution in [-0.4, -0.2) is 22.1 Å². The Morgan fingerprint density at radius 3 is 2.71 bits per heavy atom. The molecule has 0 aliphatic rings. The first kappa shape index (κ1) is 14.1. The van der Waals surface area contributed by atoms with Crippen LogP contribution >= 0.6 is 0 Å². The summed E-state index contributed by atoms with van der Waals surface area (Å²) in [7, 11) is 0. The van der Waals surface area contributed by atoms with Gasteiger partial charge in [-0.15, -0.1) is 0 Å². The molecular weight excluding hydrogens is 270 g/mol. The van der Waals surface area contributed by atoms with E-state index in [1.165, 1.54) is 23.0 Å². The first-order chi connectivity index (χ1) is 10.1. The molecular formula is C14H11N5O2. The zero-order valence-corrected chi connectivity index (χ0v) is 11.2. The third kappa shape index (κ3) is 2.53.